The normalized spacial score (nSPS) is 17.5. The number of rotatable bonds is 9. The van der Waals surface area contributed by atoms with Gasteiger partial charge in [-0.1, -0.05) is 0 Å². The van der Waals surface area contributed by atoms with Crippen molar-refractivity contribution in [3.05, 3.63) is 26.6 Å². The third-order valence-electron chi connectivity index (χ3n) is 5.92. The fourth-order valence-corrected chi connectivity index (χ4v) is 6.17. The summed E-state index contributed by atoms with van der Waals surface area (Å²) in [5, 5.41) is 3.79. The zero-order chi connectivity index (χ0) is 20.9. The first-order chi connectivity index (χ1) is 14.6. The predicted molar refractivity (Wildman–Crippen MR) is 125 cm³/mol. The lowest BCUT2D eigenvalue weighted by atomic mass is 10.2. The van der Waals surface area contributed by atoms with Gasteiger partial charge in [-0.2, -0.15) is 0 Å². The van der Waals surface area contributed by atoms with Gasteiger partial charge in [-0.05, 0) is 51.3 Å². The summed E-state index contributed by atoms with van der Waals surface area (Å²) in [4.78, 5) is 39.1. The number of piperazine rings is 1. The maximum atomic E-state index is 12.5. The lowest BCUT2D eigenvalue weighted by molar-refractivity contribution is -0.118. The van der Waals surface area contributed by atoms with Crippen molar-refractivity contribution >= 4 is 39.2 Å². The van der Waals surface area contributed by atoms with Gasteiger partial charge in [-0.3, -0.25) is 9.59 Å². The van der Waals surface area contributed by atoms with Crippen molar-refractivity contribution in [1.29, 1.82) is 0 Å². The second kappa shape index (κ2) is 10.3. The largest absolute Gasteiger partial charge is 0.355 e. The quantitative estimate of drug-likeness (QED) is 0.569. The van der Waals surface area contributed by atoms with Crippen LogP contribution in [0.5, 0.6) is 0 Å². The van der Waals surface area contributed by atoms with Gasteiger partial charge in [-0.25, -0.2) is 4.98 Å². The van der Waals surface area contributed by atoms with E-state index in [0.717, 1.165) is 81.6 Å². The average Bonchev–Trinajstić information content (AvgIpc) is 3.30. The van der Waals surface area contributed by atoms with Crippen LogP contribution in [-0.4, -0.2) is 77.7 Å². The molecule has 0 spiro atoms. The van der Waals surface area contributed by atoms with Crippen molar-refractivity contribution < 1.29 is 4.79 Å². The first-order valence-corrected chi connectivity index (χ1v) is 12.9. The molecule has 9 heteroatoms. The van der Waals surface area contributed by atoms with E-state index in [4.69, 9.17) is 0 Å². The van der Waals surface area contributed by atoms with E-state index >= 15 is 0 Å². The Morgan fingerprint density at radius 3 is 2.90 bits per heavy atom. The SMILES string of the molecule is CN1CCN(CCCCNC(=O)CSCc2nc3sc4c(c3c(=O)[nH]2)CCC4)CC1. The third kappa shape index (κ3) is 5.43. The molecule has 0 aromatic carbocycles. The van der Waals surface area contributed by atoms with E-state index in [1.807, 2.05) is 0 Å². The van der Waals surface area contributed by atoms with Gasteiger partial charge in [0, 0.05) is 37.6 Å². The van der Waals surface area contributed by atoms with Crippen LogP contribution >= 0.6 is 23.1 Å². The van der Waals surface area contributed by atoms with Crippen LogP contribution in [0.4, 0.5) is 0 Å². The number of nitrogens with one attached hydrogen (secondary N) is 2. The molecule has 7 nitrogen and oxygen atoms in total. The van der Waals surface area contributed by atoms with E-state index in [2.05, 4.69) is 32.1 Å². The lowest BCUT2D eigenvalue weighted by Gasteiger charge is -2.32. The summed E-state index contributed by atoms with van der Waals surface area (Å²) in [5.74, 6) is 1.65. The molecule has 2 aromatic rings. The summed E-state index contributed by atoms with van der Waals surface area (Å²) in [6.07, 6.45) is 5.32. The van der Waals surface area contributed by atoms with Crippen LogP contribution < -0.4 is 10.9 Å². The minimum absolute atomic E-state index is 0.0280. The highest BCUT2D eigenvalue weighted by molar-refractivity contribution is 7.99. The zero-order valence-corrected chi connectivity index (χ0v) is 19.3. The number of likely N-dealkylation sites (N-methyl/N-ethyl adjacent to an activating group) is 1. The van der Waals surface area contributed by atoms with Crippen molar-refractivity contribution in [1.82, 2.24) is 25.1 Å². The Morgan fingerprint density at radius 1 is 1.23 bits per heavy atom. The maximum absolute atomic E-state index is 12.5. The molecule has 1 amide bonds. The number of amides is 1. The third-order valence-corrected chi connectivity index (χ3v) is 8.04. The van der Waals surface area contributed by atoms with Gasteiger partial charge >= 0.3 is 0 Å². The van der Waals surface area contributed by atoms with Crippen LogP contribution in [-0.2, 0) is 23.4 Å². The molecule has 2 N–H and O–H groups in total. The highest BCUT2D eigenvalue weighted by atomic mass is 32.2. The second-order valence-corrected chi connectivity index (χ2v) is 10.3. The van der Waals surface area contributed by atoms with Crippen LogP contribution in [0.3, 0.4) is 0 Å². The van der Waals surface area contributed by atoms with Crippen molar-refractivity contribution in [2.24, 2.45) is 0 Å². The summed E-state index contributed by atoms with van der Waals surface area (Å²) in [6, 6.07) is 0. The van der Waals surface area contributed by atoms with E-state index in [-0.39, 0.29) is 11.5 Å². The molecule has 1 aliphatic heterocycles. The van der Waals surface area contributed by atoms with Crippen molar-refractivity contribution in [2.45, 2.75) is 37.9 Å². The standard InChI is InChI=1S/C21H31N5O2S2/c1-25-9-11-26(12-10-25)8-3-2-7-22-18(27)14-29-13-17-23-20(28)19-15-5-4-6-16(15)30-21(19)24-17/h2-14H2,1H3,(H,22,27)(H,23,24,28). The van der Waals surface area contributed by atoms with E-state index in [0.29, 0.717) is 17.3 Å². The number of thioether (sulfide) groups is 1. The van der Waals surface area contributed by atoms with E-state index in [1.54, 1.807) is 11.3 Å². The number of hydrogen-bond acceptors (Lipinski definition) is 7. The molecule has 164 valence electrons. The molecule has 4 rings (SSSR count). The fourth-order valence-electron chi connectivity index (χ4n) is 4.17. The number of hydrogen-bond donors (Lipinski definition) is 2. The molecule has 1 fully saturated rings. The Bertz CT molecular complexity index is 933. The van der Waals surface area contributed by atoms with Gasteiger partial charge in [0.1, 0.15) is 10.7 Å². The average molecular weight is 450 g/mol. The Balaban J connectivity index is 1.13. The van der Waals surface area contributed by atoms with Gasteiger partial charge < -0.3 is 20.1 Å². The highest BCUT2D eigenvalue weighted by Gasteiger charge is 2.21. The summed E-state index contributed by atoms with van der Waals surface area (Å²) in [6.45, 7) is 6.44. The van der Waals surface area contributed by atoms with Crippen molar-refractivity contribution in [3.63, 3.8) is 0 Å². The van der Waals surface area contributed by atoms with Crippen LogP contribution in [0.1, 0.15) is 35.5 Å². The minimum Gasteiger partial charge on any atom is -0.355 e. The van der Waals surface area contributed by atoms with Crippen LogP contribution in [0, 0.1) is 0 Å². The highest BCUT2D eigenvalue weighted by Crippen LogP contribution is 2.34. The smallest absolute Gasteiger partial charge is 0.259 e. The minimum atomic E-state index is -0.0280. The molecule has 1 saturated heterocycles. The van der Waals surface area contributed by atoms with Gasteiger partial charge in [0.05, 0.1) is 16.9 Å². The molecule has 2 aliphatic rings. The number of carbonyl (C=O) groups excluding carboxylic acids is 1. The number of thiophene rings is 1. The first-order valence-electron chi connectivity index (χ1n) is 10.9. The van der Waals surface area contributed by atoms with Crippen LogP contribution in [0.15, 0.2) is 4.79 Å². The number of aromatic amines is 1. The molecule has 0 radical (unpaired) electrons. The van der Waals surface area contributed by atoms with Crippen molar-refractivity contribution in [2.75, 3.05) is 52.1 Å². The Kier molecular flexibility index (Phi) is 7.45. The molecule has 30 heavy (non-hydrogen) atoms. The number of fused-ring (bicyclic) bond motifs is 3. The molecule has 2 aromatic heterocycles. The van der Waals surface area contributed by atoms with Crippen molar-refractivity contribution in [3.8, 4) is 0 Å². The van der Waals surface area contributed by atoms with Gasteiger partial charge in [0.2, 0.25) is 5.91 Å². The molecule has 0 unspecified atom stereocenters. The van der Waals surface area contributed by atoms with Crippen LogP contribution in [0.25, 0.3) is 10.2 Å². The van der Waals surface area contributed by atoms with E-state index in [1.165, 1.54) is 22.2 Å². The topological polar surface area (TPSA) is 81.3 Å². The van der Waals surface area contributed by atoms with Gasteiger partial charge in [0.25, 0.3) is 5.56 Å². The van der Waals surface area contributed by atoms with E-state index in [9.17, 15) is 9.59 Å². The van der Waals surface area contributed by atoms with Gasteiger partial charge in [-0.15, -0.1) is 23.1 Å². The zero-order valence-electron chi connectivity index (χ0n) is 17.7. The summed E-state index contributed by atoms with van der Waals surface area (Å²) < 4.78 is 0. The number of unbranched alkanes of at least 4 members (excludes halogenated alkanes) is 1. The first kappa shape index (κ1) is 21.8. The Hall–Kier alpha value is -1.42. The van der Waals surface area contributed by atoms with Gasteiger partial charge in [0.15, 0.2) is 0 Å². The Morgan fingerprint density at radius 2 is 2.07 bits per heavy atom. The molecule has 0 saturated carbocycles. The number of H-pyrrole nitrogens is 1. The second-order valence-electron chi connectivity index (χ2n) is 8.24. The number of aromatic nitrogens is 2. The molecule has 0 bridgehead atoms. The molecule has 1 aliphatic carbocycles. The van der Waals surface area contributed by atoms with E-state index < -0.39 is 0 Å². The fraction of sp³-hybridized carbons (Fsp3) is 0.667. The summed E-state index contributed by atoms with van der Waals surface area (Å²) in [5.41, 5.74) is 1.18. The lowest BCUT2D eigenvalue weighted by Crippen LogP contribution is -2.44. The molecule has 3 heterocycles. The Labute approximate surface area is 185 Å². The molecular weight excluding hydrogens is 418 g/mol. The van der Waals surface area contributed by atoms with Crippen LogP contribution in [0.2, 0.25) is 0 Å². The molecular formula is C21H31N5O2S2. The summed E-state index contributed by atoms with van der Waals surface area (Å²) in [7, 11) is 2.17. The number of carbonyl (C=O) groups is 1. The maximum Gasteiger partial charge on any atom is 0.259 e. The summed E-state index contributed by atoms with van der Waals surface area (Å²) >= 11 is 3.15. The monoisotopic (exact) mass is 449 g/mol. The molecule has 0 atom stereocenters. The predicted octanol–water partition coefficient (Wildman–Crippen LogP) is 1.85. The number of aryl methyl sites for hydroxylation is 2. The number of nitrogens with zero attached hydrogens (tertiary/aromatic N) is 3.